The van der Waals surface area contributed by atoms with Crippen LogP contribution >= 0.6 is 0 Å². The second kappa shape index (κ2) is 5.55. The Kier molecular flexibility index (Phi) is 4.17. The van der Waals surface area contributed by atoms with Gasteiger partial charge in [-0.05, 0) is 26.7 Å². The van der Waals surface area contributed by atoms with E-state index in [0.717, 1.165) is 6.42 Å². The van der Waals surface area contributed by atoms with E-state index in [2.05, 4.69) is 9.71 Å². The molecule has 0 radical (unpaired) electrons. The molecule has 1 aliphatic rings. The average Bonchev–Trinajstić information content (AvgIpc) is 2.66. The second-order valence-corrected chi connectivity index (χ2v) is 6.57. The molecule has 1 fully saturated rings. The number of aromatic nitrogens is 1. The lowest BCUT2D eigenvalue weighted by atomic mass is 10.1. The van der Waals surface area contributed by atoms with Gasteiger partial charge >= 0.3 is 5.97 Å². The van der Waals surface area contributed by atoms with E-state index >= 15 is 0 Å². The fourth-order valence-electron chi connectivity index (χ4n) is 2.46. The van der Waals surface area contributed by atoms with E-state index in [9.17, 15) is 13.2 Å². The van der Waals surface area contributed by atoms with Crippen molar-refractivity contribution in [3.8, 4) is 0 Å². The quantitative estimate of drug-likeness (QED) is 0.762. The molecule has 7 nitrogen and oxygen atoms in total. The number of aromatic amines is 1. The van der Waals surface area contributed by atoms with Gasteiger partial charge in [0.1, 0.15) is 10.6 Å². The van der Waals surface area contributed by atoms with E-state index in [1.807, 2.05) is 0 Å². The van der Waals surface area contributed by atoms with Crippen LogP contribution in [-0.2, 0) is 14.8 Å². The average molecular weight is 302 g/mol. The summed E-state index contributed by atoms with van der Waals surface area (Å²) in [6, 6.07) is -0.268. The highest BCUT2D eigenvalue weighted by molar-refractivity contribution is 7.89. The van der Waals surface area contributed by atoms with Gasteiger partial charge in [0, 0.05) is 23.9 Å². The highest BCUT2D eigenvalue weighted by Gasteiger charge is 2.29. The van der Waals surface area contributed by atoms with Gasteiger partial charge in [0.05, 0.1) is 6.61 Å². The summed E-state index contributed by atoms with van der Waals surface area (Å²) in [6.07, 6.45) is 1.52. The Balaban J connectivity index is 2.31. The van der Waals surface area contributed by atoms with Crippen LogP contribution in [0.3, 0.4) is 0 Å². The smallest absolute Gasteiger partial charge is 0.352 e. The van der Waals surface area contributed by atoms with Gasteiger partial charge in [-0.3, -0.25) is 0 Å². The zero-order chi connectivity index (χ0) is 14.9. The molecule has 1 saturated heterocycles. The van der Waals surface area contributed by atoms with Gasteiger partial charge < -0.3 is 14.8 Å². The third-order valence-electron chi connectivity index (χ3n) is 3.33. The molecule has 0 aliphatic carbocycles. The van der Waals surface area contributed by atoms with E-state index in [-0.39, 0.29) is 22.2 Å². The summed E-state index contributed by atoms with van der Waals surface area (Å²) in [6.45, 7) is 4.02. The normalized spacial score (nSPS) is 20.0. The third kappa shape index (κ3) is 2.87. The second-order valence-electron chi connectivity index (χ2n) is 4.92. The molecule has 3 N–H and O–H groups in total. The molecular formula is C12H18N2O5S. The molecule has 8 heteroatoms. The molecule has 20 heavy (non-hydrogen) atoms. The van der Waals surface area contributed by atoms with Crippen LogP contribution in [0.25, 0.3) is 0 Å². The number of sulfonamides is 1. The van der Waals surface area contributed by atoms with Crippen molar-refractivity contribution in [3.63, 3.8) is 0 Å². The van der Waals surface area contributed by atoms with Crippen LogP contribution in [-0.4, -0.2) is 43.7 Å². The minimum absolute atomic E-state index is 0.0143. The number of carboxylic acid groups (broad SMARTS) is 1. The first-order valence-electron chi connectivity index (χ1n) is 6.35. The Hall–Kier alpha value is -1.38. The minimum Gasteiger partial charge on any atom is -0.477 e. The molecule has 2 heterocycles. The molecule has 0 saturated carbocycles. The molecule has 1 unspecified atom stereocenters. The van der Waals surface area contributed by atoms with Crippen molar-refractivity contribution in [2.75, 3.05) is 13.2 Å². The molecule has 0 spiro atoms. The number of hydrogen-bond acceptors (Lipinski definition) is 4. The number of ether oxygens (including phenoxy) is 1. The summed E-state index contributed by atoms with van der Waals surface area (Å²) in [4.78, 5) is 13.7. The summed E-state index contributed by atoms with van der Waals surface area (Å²) in [5, 5.41) is 9.02. The zero-order valence-electron chi connectivity index (χ0n) is 11.4. The molecule has 112 valence electrons. The van der Waals surface area contributed by atoms with Crippen molar-refractivity contribution >= 4 is 16.0 Å². The first kappa shape index (κ1) is 15.0. The van der Waals surface area contributed by atoms with E-state index < -0.39 is 16.0 Å². The SMILES string of the molecule is Cc1[nH]c(C(=O)O)c(C)c1S(=O)(=O)NC1CCCOC1. The number of nitrogens with one attached hydrogen (secondary N) is 2. The molecule has 1 aromatic heterocycles. The molecule has 0 aromatic carbocycles. The lowest BCUT2D eigenvalue weighted by molar-refractivity contribution is 0.0690. The summed E-state index contributed by atoms with van der Waals surface area (Å²) in [5.41, 5.74) is 0.450. The lowest BCUT2D eigenvalue weighted by Crippen LogP contribution is -2.40. The van der Waals surface area contributed by atoms with Gasteiger partial charge in [-0.25, -0.2) is 17.9 Å². The van der Waals surface area contributed by atoms with Gasteiger partial charge in [0.2, 0.25) is 10.0 Å². The number of aromatic carboxylic acids is 1. The first-order chi connectivity index (χ1) is 9.33. The molecule has 1 aromatic rings. The Labute approximate surface area is 117 Å². The summed E-state index contributed by atoms with van der Waals surface area (Å²) in [7, 11) is -3.76. The van der Waals surface area contributed by atoms with Crippen LogP contribution in [0.5, 0.6) is 0 Å². The minimum atomic E-state index is -3.76. The fraction of sp³-hybridized carbons (Fsp3) is 0.583. The number of aryl methyl sites for hydroxylation is 1. The van der Waals surface area contributed by atoms with Gasteiger partial charge in [0.25, 0.3) is 0 Å². The maximum Gasteiger partial charge on any atom is 0.352 e. The van der Waals surface area contributed by atoms with Crippen molar-refractivity contribution in [1.82, 2.24) is 9.71 Å². The number of rotatable bonds is 4. The topological polar surface area (TPSA) is 108 Å². The van der Waals surface area contributed by atoms with Crippen LogP contribution in [0.15, 0.2) is 4.90 Å². The van der Waals surface area contributed by atoms with Gasteiger partial charge in [-0.2, -0.15) is 0 Å². The molecular weight excluding hydrogens is 284 g/mol. The predicted molar refractivity (Wildman–Crippen MR) is 71.4 cm³/mol. The number of carbonyl (C=O) groups is 1. The van der Waals surface area contributed by atoms with Crippen molar-refractivity contribution in [1.29, 1.82) is 0 Å². The van der Waals surface area contributed by atoms with E-state index in [1.165, 1.54) is 6.92 Å². The lowest BCUT2D eigenvalue weighted by Gasteiger charge is -2.23. The van der Waals surface area contributed by atoms with Gasteiger partial charge in [-0.1, -0.05) is 0 Å². The van der Waals surface area contributed by atoms with Crippen LogP contribution in [0.4, 0.5) is 0 Å². The molecule has 1 aliphatic heterocycles. The molecule has 1 atom stereocenters. The van der Waals surface area contributed by atoms with Gasteiger partial charge in [-0.15, -0.1) is 0 Å². The maximum absolute atomic E-state index is 12.4. The predicted octanol–water partition coefficient (Wildman–Crippen LogP) is 0.787. The Morgan fingerprint density at radius 2 is 2.15 bits per heavy atom. The van der Waals surface area contributed by atoms with Crippen LogP contribution in [0.1, 0.15) is 34.6 Å². The number of H-pyrrole nitrogens is 1. The first-order valence-corrected chi connectivity index (χ1v) is 7.83. The standard InChI is InChI=1S/C12H18N2O5S/c1-7-10(12(15)16)13-8(2)11(7)20(17,18)14-9-4-3-5-19-6-9/h9,13-14H,3-6H2,1-2H3,(H,15,16). The van der Waals surface area contributed by atoms with Crippen molar-refractivity contribution < 1.29 is 23.1 Å². The number of carboxylic acids is 1. The van der Waals surface area contributed by atoms with Crippen molar-refractivity contribution in [2.24, 2.45) is 0 Å². The summed E-state index contributed by atoms with van der Waals surface area (Å²) >= 11 is 0. The van der Waals surface area contributed by atoms with E-state index in [4.69, 9.17) is 9.84 Å². The third-order valence-corrected chi connectivity index (χ3v) is 5.13. The molecule has 2 rings (SSSR count). The molecule has 0 amide bonds. The fourth-order valence-corrected chi connectivity index (χ4v) is 4.16. The van der Waals surface area contributed by atoms with Crippen molar-refractivity contribution in [3.05, 3.63) is 17.0 Å². The van der Waals surface area contributed by atoms with Crippen LogP contribution in [0, 0.1) is 13.8 Å². The summed E-state index contributed by atoms with van der Waals surface area (Å²) < 4.78 is 32.6. The number of hydrogen-bond donors (Lipinski definition) is 3. The maximum atomic E-state index is 12.4. The van der Waals surface area contributed by atoms with Crippen molar-refractivity contribution in [2.45, 2.75) is 37.6 Å². The van der Waals surface area contributed by atoms with Crippen LogP contribution in [0.2, 0.25) is 0 Å². The molecule has 0 bridgehead atoms. The van der Waals surface area contributed by atoms with Gasteiger partial charge in [0.15, 0.2) is 0 Å². The van der Waals surface area contributed by atoms with E-state index in [1.54, 1.807) is 6.92 Å². The zero-order valence-corrected chi connectivity index (χ0v) is 12.2. The largest absolute Gasteiger partial charge is 0.477 e. The highest BCUT2D eigenvalue weighted by Crippen LogP contribution is 2.24. The Bertz CT molecular complexity index is 614. The van der Waals surface area contributed by atoms with E-state index in [0.29, 0.717) is 25.3 Å². The Morgan fingerprint density at radius 3 is 2.65 bits per heavy atom. The summed E-state index contributed by atoms with van der Waals surface area (Å²) in [5.74, 6) is -1.17. The highest BCUT2D eigenvalue weighted by atomic mass is 32.2. The Morgan fingerprint density at radius 1 is 1.45 bits per heavy atom. The monoisotopic (exact) mass is 302 g/mol. The van der Waals surface area contributed by atoms with Crippen LogP contribution < -0.4 is 4.72 Å².